The lowest BCUT2D eigenvalue weighted by Crippen LogP contribution is -2.44. The van der Waals surface area contributed by atoms with E-state index >= 15 is 0 Å². The number of carbonyl (C=O) groups is 1. The summed E-state index contributed by atoms with van der Waals surface area (Å²) in [6, 6.07) is 2.95. The maximum absolute atomic E-state index is 12.7. The summed E-state index contributed by atoms with van der Waals surface area (Å²) in [4.78, 5) is 25.5. The molecule has 0 saturated carbocycles. The van der Waals surface area contributed by atoms with Crippen molar-refractivity contribution < 1.29 is 19.2 Å². The molecule has 0 aromatic heterocycles. The van der Waals surface area contributed by atoms with Crippen LogP contribution in [0, 0.1) is 15.5 Å². The van der Waals surface area contributed by atoms with Crippen molar-refractivity contribution >= 4 is 24.0 Å². The number of halogens is 1. The Morgan fingerprint density at radius 1 is 1.19 bits per heavy atom. The Balaban J connectivity index is 0.00000210. The molecular formula is C18H24ClN3O5. The molecule has 0 aliphatic carbocycles. The highest BCUT2D eigenvalue weighted by molar-refractivity contribution is 5.85. The van der Waals surface area contributed by atoms with Crippen molar-refractivity contribution in [1.82, 2.24) is 10.2 Å². The monoisotopic (exact) mass is 397 g/mol. The summed E-state index contributed by atoms with van der Waals surface area (Å²) in [5.41, 5.74) is 0.628. The predicted molar refractivity (Wildman–Crippen MR) is 101 cm³/mol. The van der Waals surface area contributed by atoms with E-state index in [9.17, 15) is 14.9 Å². The minimum Gasteiger partial charge on any atom is -0.486 e. The Kier molecular flexibility index (Phi) is 5.76. The number of ether oxygens (including phenoxy) is 2. The molecule has 0 unspecified atom stereocenters. The molecule has 8 nitrogen and oxygen atoms in total. The molecule has 2 fully saturated rings. The number of hydrogen-bond acceptors (Lipinski definition) is 6. The topological polar surface area (TPSA) is 93.9 Å². The smallest absolute Gasteiger partial charge is 0.277 e. The molecule has 27 heavy (non-hydrogen) atoms. The fraction of sp³-hybridized carbons (Fsp3) is 0.611. The average Bonchev–Trinajstić information content (AvgIpc) is 3.09. The average molecular weight is 398 g/mol. The maximum atomic E-state index is 12.7. The van der Waals surface area contributed by atoms with Crippen molar-refractivity contribution in [2.45, 2.75) is 25.7 Å². The number of fused-ring (bicyclic) bond motifs is 1. The number of benzene rings is 1. The summed E-state index contributed by atoms with van der Waals surface area (Å²) < 4.78 is 10.9. The summed E-state index contributed by atoms with van der Waals surface area (Å²) in [6.45, 7) is 4.30. The number of rotatable bonds is 3. The number of hydrogen-bond donors (Lipinski definition) is 1. The number of nitro groups is 1. The number of carbonyl (C=O) groups excluding carboxylic acids is 1. The standard InChI is InChI=1S/C18H23N3O5.ClH/c22-17(20-5-2-18(3-6-20)1-4-19-12-18)10-13-9-15-16(26-8-7-25-15)11-14(13)21(23)24;/h9,11,19H,1-8,10,12H2;1H. The van der Waals surface area contributed by atoms with Crippen molar-refractivity contribution in [3.05, 3.63) is 27.8 Å². The Bertz CT molecular complexity index is 726. The van der Waals surface area contributed by atoms with E-state index in [2.05, 4.69) is 5.32 Å². The van der Waals surface area contributed by atoms with E-state index in [1.54, 1.807) is 6.07 Å². The first kappa shape index (κ1) is 19.7. The Morgan fingerprint density at radius 2 is 1.85 bits per heavy atom. The van der Waals surface area contributed by atoms with Gasteiger partial charge in [-0.3, -0.25) is 14.9 Å². The fourth-order valence-electron chi connectivity index (χ4n) is 4.16. The molecule has 2 saturated heterocycles. The first-order valence-electron chi connectivity index (χ1n) is 9.12. The van der Waals surface area contributed by atoms with Gasteiger partial charge in [-0.05, 0) is 37.3 Å². The molecule has 1 spiro atoms. The lowest BCUT2D eigenvalue weighted by Gasteiger charge is -2.39. The van der Waals surface area contributed by atoms with Gasteiger partial charge >= 0.3 is 0 Å². The van der Waals surface area contributed by atoms with Gasteiger partial charge in [0.1, 0.15) is 13.2 Å². The number of piperidine rings is 1. The molecule has 0 atom stereocenters. The highest BCUT2D eigenvalue weighted by Gasteiger charge is 2.38. The van der Waals surface area contributed by atoms with Crippen LogP contribution in [0.25, 0.3) is 0 Å². The second-order valence-corrected chi connectivity index (χ2v) is 7.37. The molecule has 1 N–H and O–H groups in total. The number of nitrogens with zero attached hydrogens (tertiary/aromatic N) is 2. The van der Waals surface area contributed by atoms with Crippen LogP contribution in [-0.2, 0) is 11.2 Å². The molecule has 4 rings (SSSR count). The van der Waals surface area contributed by atoms with Crippen LogP contribution in [0.1, 0.15) is 24.8 Å². The Morgan fingerprint density at radius 3 is 2.44 bits per heavy atom. The van der Waals surface area contributed by atoms with Crippen LogP contribution < -0.4 is 14.8 Å². The van der Waals surface area contributed by atoms with E-state index in [0.29, 0.717) is 35.7 Å². The summed E-state index contributed by atoms with van der Waals surface area (Å²) in [5.74, 6) is 0.776. The van der Waals surface area contributed by atoms with E-state index in [4.69, 9.17) is 9.47 Å². The quantitative estimate of drug-likeness (QED) is 0.618. The van der Waals surface area contributed by atoms with Crippen LogP contribution in [0.4, 0.5) is 5.69 Å². The summed E-state index contributed by atoms with van der Waals surface area (Å²) in [5, 5.41) is 14.8. The van der Waals surface area contributed by atoms with Crippen molar-refractivity contribution in [1.29, 1.82) is 0 Å². The zero-order valence-corrected chi connectivity index (χ0v) is 15.9. The van der Waals surface area contributed by atoms with Gasteiger partial charge in [0, 0.05) is 25.2 Å². The van der Waals surface area contributed by atoms with Gasteiger partial charge in [0.05, 0.1) is 17.4 Å². The van der Waals surface area contributed by atoms with Gasteiger partial charge in [0.2, 0.25) is 5.91 Å². The van der Waals surface area contributed by atoms with Crippen LogP contribution in [0.15, 0.2) is 12.1 Å². The summed E-state index contributed by atoms with van der Waals surface area (Å²) in [7, 11) is 0. The molecule has 1 aromatic carbocycles. The summed E-state index contributed by atoms with van der Waals surface area (Å²) in [6.07, 6.45) is 3.17. The van der Waals surface area contributed by atoms with E-state index in [1.807, 2.05) is 4.90 Å². The van der Waals surface area contributed by atoms with Gasteiger partial charge in [0.25, 0.3) is 5.69 Å². The second kappa shape index (κ2) is 7.90. The second-order valence-electron chi connectivity index (χ2n) is 7.37. The highest BCUT2D eigenvalue weighted by Crippen LogP contribution is 2.39. The number of nitrogens with one attached hydrogen (secondary N) is 1. The first-order chi connectivity index (χ1) is 12.6. The van der Waals surface area contributed by atoms with Gasteiger partial charge < -0.3 is 19.7 Å². The van der Waals surface area contributed by atoms with E-state index < -0.39 is 4.92 Å². The molecule has 1 amide bonds. The number of likely N-dealkylation sites (tertiary alicyclic amines) is 1. The van der Waals surface area contributed by atoms with Gasteiger partial charge in [0.15, 0.2) is 11.5 Å². The first-order valence-corrected chi connectivity index (χ1v) is 9.12. The molecule has 0 radical (unpaired) electrons. The minimum absolute atomic E-state index is 0. The molecule has 9 heteroatoms. The Hall–Kier alpha value is -2.06. The van der Waals surface area contributed by atoms with Gasteiger partial charge in [-0.15, -0.1) is 12.4 Å². The Labute approximate surface area is 163 Å². The van der Waals surface area contributed by atoms with Crippen LogP contribution in [-0.4, -0.2) is 55.1 Å². The van der Waals surface area contributed by atoms with Gasteiger partial charge in [-0.25, -0.2) is 0 Å². The largest absolute Gasteiger partial charge is 0.486 e. The zero-order chi connectivity index (χ0) is 18.1. The van der Waals surface area contributed by atoms with Crippen LogP contribution in [0.2, 0.25) is 0 Å². The molecule has 1 aromatic rings. The predicted octanol–water partition coefficient (Wildman–Crippen LogP) is 1.93. The van der Waals surface area contributed by atoms with Crippen LogP contribution in [0.5, 0.6) is 11.5 Å². The zero-order valence-electron chi connectivity index (χ0n) is 15.1. The van der Waals surface area contributed by atoms with Crippen LogP contribution in [0.3, 0.4) is 0 Å². The van der Waals surface area contributed by atoms with Crippen molar-refractivity contribution in [3.63, 3.8) is 0 Å². The molecule has 3 aliphatic rings. The van der Waals surface area contributed by atoms with E-state index in [-0.39, 0.29) is 30.4 Å². The van der Waals surface area contributed by atoms with Gasteiger partial charge in [-0.1, -0.05) is 0 Å². The molecule has 148 valence electrons. The van der Waals surface area contributed by atoms with Crippen LogP contribution >= 0.6 is 12.4 Å². The molecule has 0 bridgehead atoms. The lowest BCUT2D eigenvalue weighted by molar-refractivity contribution is -0.385. The van der Waals surface area contributed by atoms with Crippen molar-refractivity contribution in [2.75, 3.05) is 39.4 Å². The van der Waals surface area contributed by atoms with E-state index in [0.717, 1.165) is 39.0 Å². The normalized spacial score (nSPS) is 20.2. The summed E-state index contributed by atoms with van der Waals surface area (Å²) >= 11 is 0. The molecular weight excluding hydrogens is 374 g/mol. The number of nitro benzene ring substituents is 1. The minimum atomic E-state index is -0.462. The highest BCUT2D eigenvalue weighted by atomic mass is 35.5. The SMILES string of the molecule is Cl.O=C(Cc1cc2c(cc1[N+](=O)[O-])OCCO2)N1CCC2(CCNC2)CC1. The third-order valence-electron chi connectivity index (χ3n) is 5.79. The number of amides is 1. The van der Waals surface area contributed by atoms with Gasteiger partial charge in [-0.2, -0.15) is 0 Å². The molecule has 3 heterocycles. The maximum Gasteiger partial charge on any atom is 0.277 e. The lowest BCUT2D eigenvalue weighted by atomic mass is 9.78. The fourth-order valence-corrected chi connectivity index (χ4v) is 4.16. The third-order valence-corrected chi connectivity index (χ3v) is 5.79. The third kappa shape index (κ3) is 3.96. The van der Waals surface area contributed by atoms with E-state index in [1.165, 1.54) is 12.5 Å². The molecule has 3 aliphatic heterocycles. The van der Waals surface area contributed by atoms with Crippen molar-refractivity contribution in [3.8, 4) is 11.5 Å². The van der Waals surface area contributed by atoms with Crippen molar-refractivity contribution in [2.24, 2.45) is 5.41 Å².